The molecule has 0 fully saturated rings. The van der Waals surface area contributed by atoms with E-state index in [0.717, 1.165) is 148 Å². The van der Waals surface area contributed by atoms with E-state index in [1.807, 2.05) is 21.1 Å². The maximum absolute atomic E-state index is 12.9. The number of carbonyl (C=O) groups is 2. The number of esters is 2. The molecule has 0 aliphatic heterocycles. The van der Waals surface area contributed by atoms with Gasteiger partial charge in [-0.15, -0.1) is 0 Å². The minimum Gasteiger partial charge on any atom is -0.462 e. The van der Waals surface area contributed by atoms with Crippen molar-refractivity contribution in [3.05, 3.63) is 170 Å². The normalized spacial score (nSPS) is 14.3. The third-order valence-electron chi connectivity index (χ3n) is 13.7. The Kier molecular flexibility index (Phi) is 61.3. The van der Waals surface area contributed by atoms with Gasteiger partial charge in [-0.1, -0.05) is 274 Å². The summed E-state index contributed by atoms with van der Waals surface area (Å²) in [5.41, 5.74) is 0. The van der Waals surface area contributed by atoms with E-state index in [0.29, 0.717) is 17.4 Å². The van der Waals surface area contributed by atoms with Crippen molar-refractivity contribution in [1.82, 2.24) is 0 Å². The van der Waals surface area contributed by atoms with E-state index in [9.17, 15) is 19.0 Å². The number of phosphoric ester groups is 1. The Morgan fingerprint density at radius 1 is 0.360 bits per heavy atom. The maximum atomic E-state index is 12.9. The zero-order chi connectivity index (χ0) is 62.6. The molecule has 0 rings (SSSR count). The molecule has 9 nitrogen and oxygen atoms in total. The van der Waals surface area contributed by atoms with Crippen LogP contribution < -0.4 is 0 Å². The van der Waals surface area contributed by atoms with Crippen LogP contribution in [0, 0.1) is 0 Å². The third-order valence-corrected chi connectivity index (χ3v) is 14.7. The second-order valence-electron chi connectivity index (χ2n) is 23.1. The molecule has 0 aromatic rings. The molecule has 0 aromatic heterocycles. The van der Waals surface area contributed by atoms with Crippen molar-refractivity contribution in [2.45, 2.75) is 251 Å². The van der Waals surface area contributed by atoms with Crippen molar-refractivity contribution in [2.75, 3.05) is 47.5 Å². The number of phosphoric acid groups is 1. The fourth-order valence-electron chi connectivity index (χ4n) is 8.62. The Hall–Kier alpha value is -4.63. The van der Waals surface area contributed by atoms with Gasteiger partial charge in [-0.2, -0.15) is 0 Å². The SMILES string of the molecule is CC/C=C\C/C=C\C/C=C\C/C=C\C/C=C\C/C=C\C/C=C\C/C=C\C/C=C\CCCCCCCCCC(=O)OC(COC(=O)CCCCCCCCCCCCC/C=C\C/C=C\C/C=C\C/C=C\C/C=C\CC)COP(=O)(O)OCC[N+](C)(C)C. The number of allylic oxidation sites excluding steroid dienone is 28. The largest absolute Gasteiger partial charge is 0.472 e. The van der Waals surface area contributed by atoms with E-state index in [-0.39, 0.29) is 32.0 Å². The van der Waals surface area contributed by atoms with Crippen LogP contribution in [0.1, 0.15) is 245 Å². The van der Waals surface area contributed by atoms with Crippen molar-refractivity contribution in [1.29, 1.82) is 0 Å². The molecule has 2 unspecified atom stereocenters. The molecule has 2 atom stereocenters. The van der Waals surface area contributed by atoms with Gasteiger partial charge in [0.1, 0.15) is 19.8 Å². The minimum absolute atomic E-state index is 0.0197. The molecule has 10 heteroatoms. The van der Waals surface area contributed by atoms with Crippen LogP contribution in [0.2, 0.25) is 0 Å². The first-order chi connectivity index (χ1) is 42.0. The van der Waals surface area contributed by atoms with Gasteiger partial charge in [-0.05, 0) is 128 Å². The number of ether oxygens (including phenoxy) is 2. The smallest absolute Gasteiger partial charge is 0.462 e. The van der Waals surface area contributed by atoms with Crippen LogP contribution in [0.15, 0.2) is 170 Å². The second-order valence-corrected chi connectivity index (χ2v) is 24.5. The molecule has 0 aliphatic rings. The first-order valence-electron chi connectivity index (χ1n) is 33.9. The van der Waals surface area contributed by atoms with Gasteiger partial charge in [-0.25, -0.2) is 4.57 Å². The highest BCUT2D eigenvalue weighted by molar-refractivity contribution is 7.47. The molecule has 486 valence electrons. The highest BCUT2D eigenvalue weighted by Crippen LogP contribution is 2.43. The van der Waals surface area contributed by atoms with E-state index in [1.54, 1.807) is 0 Å². The van der Waals surface area contributed by atoms with Crippen molar-refractivity contribution in [3.63, 3.8) is 0 Å². The highest BCUT2D eigenvalue weighted by atomic mass is 31.2. The molecule has 0 aliphatic carbocycles. The molecule has 0 saturated heterocycles. The predicted molar refractivity (Wildman–Crippen MR) is 371 cm³/mol. The van der Waals surface area contributed by atoms with E-state index in [1.165, 1.54) is 64.2 Å². The molecule has 0 saturated carbocycles. The van der Waals surface area contributed by atoms with Gasteiger partial charge >= 0.3 is 19.8 Å². The van der Waals surface area contributed by atoms with Crippen LogP contribution in [-0.4, -0.2) is 74.9 Å². The van der Waals surface area contributed by atoms with Crippen LogP contribution in [0.25, 0.3) is 0 Å². The van der Waals surface area contributed by atoms with Gasteiger partial charge in [0.2, 0.25) is 0 Å². The fraction of sp³-hybridized carbons (Fsp3) is 0.605. The lowest BCUT2D eigenvalue weighted by Crippen LogP contribution is -2.37. The lowest BCUT2D eigenvalue weighted by molar-refractivity contribution is -0.870. The summed E-state index contributed by atoms with van der Waals surface area (Å²) in [4.78, 5) is 35.9. The number of quaternary nitrogens is 1. The Balaban J connectivity index is 4.18. The molecule has 0 bridgehead atoms. The average Bonchev–Trinajstić information content (AvgIpc) is 3.56. The first-order valence-corrected chi connectivity index (χ1v) is 35.4. The topological polar surface area (TPSA) is 108 Å². The molecule has 0 spiro atoms. The number of hydrogen-bond donors (Lipinski definition) is 1. The van der Waals surface area contributed by atoms with Crippen LogP contribution >= 0.6 is 7.82 Å². The zero-order valence-electron chi connectivity index (χ0n) is 55.2. The summed E-state index contributed by atoms with van der Waals surface area (Å²) < 4.78 is 34.7. The summed E-state index contributed by atoms with van der Waals surface area (Å²) in [6, 6.07) is 0. The van der Waals surface area contributed by atoms with Gasteiger partial charge in [0, 0.05) is 12.8 Å². The number of nitrogens with zero attached hydrogens (tertiary/aromatic N) is 1. The maximum Gasteiger partial charge on any atom is 0.472 e. The van der Waals surface area contributed by atoms with Gasteiger partial charge in [0.15, 0.2) is 6.10 Å². The number of hydrogen-bond acceptors (Lipinski definition) is 7. The number of likely N-dealkylation sites (N-methyl/N-ethyl adjacent to an activating group) is 1. The molecular weight excluding hydrogens is 1090 g/mol. The molecule has 0 heterocycles. The number of unbranched alkanes of at least 4 members (excludes halogenated alkanes) is 18. The van der Waals surface area contributed by atoms with Crippen molar-refractivity contribution in [2.24, 2.45) is 0 Å². The molecule has 1 N–H and O–H groups in total. The first kappa shape index (κ1) is 81.4. The third kappa shape index (κ3) is 68.5. The van der Waals surface area contributed by atoms with Crippen LogP contribution in [0.3, 0.4) is 0 Å². The Bertz CT molecular complexity index is 2060. The van der Waals surface area contributed by atoms with E-state index < -0.39 is 26.5 Å². The van der Waals surface area contributed by atoms with E-state index in [4.69, 9.17) is 18.5 Å². The Labute approximate surface area is 528 Å². The van der Waals surface area contributed by atoms with Crippen molar-refractivity contribution < 1.29 is 42.1 Å². The number of carbonyl (C=O) groups excluding carboxylic acids is 2. The monoisotopic (exact) mass is 1210 g/mol. The van der Waals surface area contributed by atoms with Crippen LogP contribution in [0.5, 0.6) is 0 Å². The van der Waals surface area contributed by atoms with Gasteiger partial charge in [-0.3, -0.25) is 18.6 Å². The lowest BCUT2D eigenvalue weighted by atomic mass is 10.0. The number of rotatable bonds is 60. The van der Waals surface area contributed by atoms with E-state index in [2.05, 4.69) is 184 Å². The van der Waals surface area contributed by atoms with Crippen molar-refractivity contribution in [3.8, 4) is 0 Å². The van der Waals surface area contributed by atoms with Crippen LogP contribution in [-0.2, 0) is 32.7 Å². The molecule has 86 heavy (non-hydrogen) atoms. The summed E-state index contributed by atoms with van der Waals surface area (Å²) in [6.07, 6.45) is 98.6. The predicted octanol–water partition coefficient (Wildman–Crippen LogP) is 22.2. The molecule has 0 aromatic carbocycles. The van der Waals surface area contributed by atoms with Gasteiger partial charge in [0.25, 0.3) is 0 Å². The standard InChI is InChI=1S/C76H124NO8P/c1-6-8-10-12-14-16-18-20-22-24-26-28-30-32-34-35-36-37-38-39-40-41-43-45-47-49-51-53-55-57-59-61-63-65-67-69-76(79)85-74(73-84-86(80,81)83-71-70-77(3,4)5)72-82-75(78)68-66-64-62-60-58-56-54-52-50-48-46-44-42-33-31-29-27-25-23-21-19-17-15-13-11-9-7-2/h8-11,14-17,20-23,26-29,32-34,36-37,39-40,42-43,45,49,51,74H,6-7,12-13,18-19,24-25,30-31,35,38,41,44,46-48,50,52-73H2,1-5H3/p+1/b10-8-,11-9-,16-14-,17-15-,22-20-,23-21-,28-26-,29-27-,34-32-,37-36-,40-39-,42-33-,45-43-,51-49-. The summed E-state index contributed by atoms with van der Waals surface area (Å²) in [7, 11) is 1.45. The molecule has 0 radical (unpaired) electrons. The summed E-state index contributed by atoms with van der Waals surface area (Å²) >= 11 is 0. The average molecular weight is 1210 g/mol. The highest BCUT2D eigenvalue weighted by Gasteiger charge is 2.27. The van der Waals surface area contributed by atoms with Crippen LogP contribution in [0.4, 0.5) is 0 Å². The fourth-order valence-corrected chi connectivity index (χ4v) is 9.36. The summed E-state index contributed by atoms with van der Waals surface area (Å²) in [5.74, 6) is -0.824. The minimum atomic E-state index is -4.41. The lowest BCUT2D eigenvalue weighted by Gasteiger charge is -2.24. The van der Waals surface area contributed by atoms with Gasteiger partial charge < -0.3 is 18.9 Å². The van der Waals surface area contributed by atoms with E-state index >= 15 is 0 Å². The summed E-state index contributed by atoms with van der Waals surface area (Å²) in [5, 5.41) is 0. The van der Waals surface area contributed by atoms with Gasteiger partial charge in [0.05, 0.1) is 27.7 Å². The molecular formula is C76H125NO8P+. The molecule has 0 amide bonds. The quantitative estimate of drug-likeness (QED) is 0.0211. The zero-order valence-corrected chi connectivity index (χ0v) is 56.1. The Morgan fingerprint density at radius 2 is 0.628 bits per heavy atom. The second kappa shape index (κ2) is 64.8. The Morgan fingerprint density at radius 3 is 0.930 bits per heavy atom. The van der Waals surface area contributed by atoms with Crippen molar-refractivity contribution >= 4 is 19.8 Å². The summed E-state index contributed by atoms with van der Waals surface area (Å²) in [6.45, 7) is 4.18.